The maximum Gasteiger partial charge on any atom is 0.118 e. The van der Waals surface area contributed by atoms with E-state index < -0.39 is 0 Å². The quantitative estimate of drug-likeness (QED) is 0.570. The molecule has 76 valence electrons. The first kappa shape index (κ1) is 11.3. The number of benzene rings is 1. The van der Waals surface area contributed by atoms with Crippen molar-refractivity contribution in [2.45, 2.75) is 9.92 Å². The van der Waals surface area contributed by atoms with Gasteiger partial charge in [-0.3, -0.25) is 0 Å². The smallest absolute Gasteiger partial charge is 0.118 e. The van der Waals surface area contributed by atoms with Crippen molar-refractivity contribution in [3.8, 4) is 0 Å². The van der Waals surface area contributed by atoms with Crippen molar-refractivity contribution < 1.29 is 0 Å². The third-order valence-electron chi connectivity index (χ3n) is 1.66. The molecule has 5 heteroatoms. The van der Waals surface area contributed by atoms with Crippen LogP contribution in [0.15, 0.2) is 51.2 Å². The molecule has 0 spiro atoms. The van der Waals surface area contributed by atoms with E-state index in [4.69, 9.17) is 0 Å². The summed E-state index contributed by atoms with van der Waals surface area (Å²) < 4.78 is 2.16. The predicted octanol–water partition coefficient (Wildman–Crippen LogP) is 3.99. The van der Waals surface area contributed by atoms with E-state index in [1.807, 2.05) is 18.3 Å². The summed E-state index contributed by atoms with van der Waals surface area (Å²) >= 11 is 7.29. The van der Waals surface area contributed by atoms with Gasteiger partial charge in [0.15, 0.2) is 0 Å². The average molecular weight is 393 g/mol. The van der Waals surface area contributed by atoms with Gasteiger partial charge in [-0.25, -0.2) is 9.97 Å². The van der Waals surface area contributed by atoms with Crippen molar-refractivity contribution in [1.29, 1.82) is 0 Å². The molecule has 1 aromatic carbocycles. The van der Waals surface area contributed by atoms with Crippen LogP contribution in [0.3, 0.4) is 0 Å². The van der Waals surface area contributed by atoms with Crippen LogP contribution in [0.5, 0.6) is 0 Å². The van der Waals surface area contributed by atoms with Crippen LogP contribution in [-0.2, 0) is 0 Å². The molecule has 2 rings (SSSR count). The Morgan fingerprint density at radius 1 is 1.20 bits per heavy atom. The van der Waals surface area contributed by atoms with E-state index in [9.17, 15) is 0 Å². The lowest BCUT2D eigenvalue weighted by Gasteiger charge is -2.02. The molecule has 15 heavy (non-hydrogen) atoms. The highest BCUT2D eigenvalue weighted by Crippen LogP contribution is 2.29. The number of rotatable bonds is 2. The van der Waals surface area contributed by atoms with E-state index in [0.29, 0.717) is 0 Å². The molecule has 1 aromatic heterocycles. The van der Waals surface area contributed by atoms with Gasteiger partial charge in [0, 0.05) is 15.6 Å². The van der Waals surface area contributed by atoms with E-state index in [0.717, 1.165) is 13.1 Å². The van der Waals surface area contributed by atoms with E-state index >= 15 is 0 Å². The molecular formula is C10H6BrIN2S. The fraction of sp³-hybridized carbons (Fsp3) is 0. The Labute approximate surface area is 114 Å². The Hall–Kier alpha value is -0.140. The van der Waals surface area contributed by atoms with Gasteiger partial charge in [0.05, 0.1) is 3.57 Å². The van der Waals surface area contributed by atoms with Gasteiger partial charge < -0.3 is 0 Å². The van der Waals surface area contributed by atoms with Gasteiger partial charge in [0.2, 0.25) is 0 Å². The molecule has 0 atom stereocenters. The van der Waals surface area contributed by atoms with Gasteiger partial charge in [0.1, 0.15) is 11.4 Å². The molecule has 0 saturated carbocycles. The van der Waals surface area contributed by atoms with Gasteiger partial charge in [-0.05, 0) is 46.9 Å². The van der Waals surface area contributed by atoms with Gasteiger partial charge in [-0.2, -0.15) is 0 Å². The number of hydrogen-bond donors (Lipinski definition) is 0. The molecule has 0 bridgehead atoms. The van der Waals surface area contributed by atoms with E-state index in [1.54, 1.807) is 18.1 Å². The molecule has 2 aromatic rings. The van der Waals surface area contributed by atoms with Gasteiger partial charge >= 0.3 is 0 Å². The maximum absolute atomic E-state index is 4.23. The van der Waals surface area contributed by atoms with E-state index in [2.05, 4.69) is 60.6 Å². The van der Waals surface area contributed by atoms with Crippen LogP contribution < -0.4 is 0 Å². The molecular weight excluding hydrogens is 387 g/mol. The van der Waals surface area contributed by atoms with Crippen molar-refractivity contribution in [2.24, 2.45) is 0 Å². The maximum atomic E-state index is 4.23. The number of aromatic nitrogens is 2. The summed E-state index contributed by atoms with van der Waals surface area (Å²) in [6, 6.07) is 8.17. The van der Waals surface area contributed by atoms with Crippen LogP contribution in [0.25, 0.3) is 0 Å². The molecule has 0 N–H and O–H groups in total. The average Bonchev–Trinajstić information content (AvgIpc) is 2.25. The third-order valence-corrected chi connectivity index (χ3v) is 4.37. The molecule has 1 heterocycles. The number of halogens is 2. The van der Waals surface area contributed by atoms with Crippen molar-refractivity contribution in [3.63, 3.8) is 0 Å². The Morgan fingerprint density at radius 2 is 1.93 bits per heavy atom. The van der Waals surface area contributed by atoms with Gasteiger partial charge in [-0.1, -0.05) is 27.7 Å². The van der Waals surface area contributed by atoms with Gasteiger partial charge in [-0.15, -0.1) is 0 Å². The van der Waals surface area contributed by atoms with Crippen LogP contribution in [0, 0.1) is 3.57 Å². The van der Waals surface area contributed by atoms with Crippen molar-refractivity contribution >= 4 is 50.3 Å². The Morgan fingerprint density at radius 3 is 2.60 bits per heavy atom. The summed E-state index contributed by atoms with van der Waals surface area (Å²) in [5.41, 5.74) is 0. The first-order valence-electron chi connectivity index (χ1n) is 4.14. The first-order chi connectivity index (χ1) is 7.25. The minimum Gasteiger partial charge on any atom is -0.244 e. The lowest BCUT2D eigenvalue weighted by Crippen LogP contribution is -1.86. The van der Waals surface area contributed by atoms with Crippen LogP contribution in [0.4, 0.5) is 0 Å². The molecule has 0 aliphatic carbocycles. The summed E-state index contributed by atoms with van der Waals surface area (Å²) in [7, 11) is 0. The fourth-order valence-corrected chi connectivity index (χ4v) is 2.63. The normalized spacial score (nSPS) is 10.3. The molecule has 2 nitrogen and oxygen atoms in total. The highest BCUT2D eigenvalue weighted by atomic mass is 127. The monoisotopic (exact) mass is 392 g/mol. The summed E-state index contributed by atoms with van der Waals surface area (Å²) in [6.45, 7) is 0. The summed E-state index contributed by atoms with van der Waals surface area (Å²) in [5.74, 6) is 0. The molecule has 0 aliphatic rings. The second-order valence-electron chi connectivity index (χ2n) is 2.73. The van der Waals surface area contributed by atoms with Crippen LogP contribution >= 0.6 is 50.3 Å². The number of hydrogen-bond acceptors (Lipinski definition) is 3. The fourth-order valence-electron chi connectivity index (χ4n) is 0.991. The summed E-state index contributed by atoms with van der Waals surface area (Å²) in [6.07, 6.45) is 3.39. The topological polar surface area (TPSA) is 25.8 Å². The highest BCUT2D eigenvalue weighted by molar-refractivity contribution is 14.1. The largest absolute Gasteiger partial charge is 0.244 e. The molecule has 0 amide bonds. The molecule has 0 fully saturated rings. The molecule has 0 radical (unpaired) electrons. The lowest BCUT2D eigenvalue weighted by molar-refractivity contribution is 1.02. The summed E-state index contributed by atoms with van der Waals surface area (Å²) in [4.78, 5) is 9.37. The predicted molar refractivity (Wildman–Crippen MR) is 73.0 cm³/mol. The zero-order valence-corrected chi connectivity index (χ0v) is 12.1. The lowest BCUT2D eigenvalue weighted by atomic mass is 10.4. The van der Waals surface area contributed by atoms with Crippen molar-refractivity contribution in [1.82, 2.24) is 9.97 Å². The van der Waals surface area contributed by atoms with Crippen LogP contribution in [0.2, 0.25) is 0 Å². The zero-order valence-electron chi connectivity index (χ0n) is 7.52. The molecule has 0 aliphatic heterocycles. The highest BCUT2D eigenvalue weighted by Gasteiger charge is 2.02. The second kappa shape index (κ2) is 5.27. The minimum atomic E-state index is 0.993. The van der Waals surface area contributed by atoms with Crippen LogP contribution in [-0.4, -0.2) is 9.97 Å². The van der Waals surface area contributed by atoms with Gasteiger partial charge in [0.25, 0.3) is 0 Å². The Kier molecular flexibility index (Phi) is 3.99. The van der Waals surface area contributed by atoms with Crippen LogP contribution in [0.1, 0.15) is 0 Å². The minimum absolute atomic E-state index is 0.993. The third kappa shape index (κ3) is 3.15. The molecule has 0 unspecified atom stereocenters. The zero-order chi connectivity index (χ0) is 10.7. The first-order valence-corrected chi connectivity index (χ1v) is 6.83. The standard InChI is InChI=1S/C10H6BrIN2S/c11-7-1-3-8(4-2-7)15-10-9(12)5-13-6-14-10/h1-6H. The van der Waals surface area contributed by atoms with Crippen molar-refractivity contribution in [3.05, 3.63) is 44.8 Å². The van der Waals surface area contributed by atoms with E-state index in [1.165, 1.54) is 4.90 Å². The van der Waals surface area contributed by atoms with E-state index in [-0.39, 0.29) is 0 Å². The summed E-state index contributed by atoms with van der Waals surface area (Å²) in [5, 5.41) is 0.993. The Bertz CT molecular complexity index is 461. The second-order valence-corrected chi connectivity index (χ2v) is 5.87. The SMILES string of the molecule is Brc1ccc(Sc2ncncc2I)cc1. The van der Waals surface area contributed by atoms with Crippen molar-refractivity contribution in [2.75, 3.05) is 0 Å². The molecule has 0 saturated heterocycles. The Balaban J connectivity index is 2.22. The number of nitrogens with zero attached hydrogens (tertiary/aromatic N) is 2.